The molecule has 0 radical (unpaired) electrons. The molecular formula is C14H22ClN3. The lowest BCUT2D eigenvalue weighted by atomic mass is 10.1. The normalized spacial score (nSPS) is 11.4. The van der Waals surface area contributed by atoms with Crippen LogP contribution in [0.5, 0.6) is 0 Å². The van der Waals surface area contributed by atoms with E-state index in [4.69, 9.17) is 11.6 Å². The van der Waals surface area contributed by atoms with Crippen molar-refractivity contribution in [3.8, 4) is 0 Å². The zero-order valence-corrected chi connectivity index (χ0v) is 11.9. The molecular weight excluding hydrogens is 246 g/mol. The van der Waals surface area contributed by atoms with Crippen LogP contribution in [0.15, 0.2) is 29.3 Å². The van der Waals surface area contributed by atoms with Gasteiger partial charge >= 0.3 is 0 Å². The van der Waals surface area contributed by atoms with Crippen molar-refractivity contribution in [2.75, 3.05) is 20.1 Å². The number of guanidine groups is 1. The fourth-order valence-corrected chi connectivity index (χ4v) is 1.83. The predicted octanol–water partition coefficient (Wildman–Crippen LogP) is 2.85. The largest absolute Gasteiger partial charge is 0.356 e. The molecule has 4 heteroatoms. The molecule has 1 aromatic carbocycles. The monoisotopic (exact) mass is 267 g/mol. The van der Waals surface area contributed by atoms with E-state index in [1.165, 1.54) is 12.0 Å². The molecule has 0 spiro atoms. The Morgan fingerprint density at radius 1 is 1.28 bits per heavy atom. The van der Waals surface area contributed by atoms with Crippen LogP contribution in [0.2, 0.25) is 5.02 Å². The van der Waals surface area contributed by atoms with Gasteiger partial charge in [0.05, 0.1) is 0 Å². The second-order valence-corrected chi connectivity index (χ2v) is 4.60. The molecule has 0 heterocycles. The van der Waals surface area contributed by atoms with E-state index in [-0.39, 0.29) is 0 Å². The standard InChI is InChI=1S/C14H22ClN3/c1-3-4-9-17-14(16-2)18-10-8-12-6-5-7-13(15)11-12/h5-7,11H,3-4,8-10H2,1-2H3,(H2,16,17,18). The Bertz CT molecular complexity index is 377. The van der Waals surface area contributed by atoms with Crippen LogP contribution >= 0.6 is 11.6 Å². The molecule has 1 rings (SSSR count). The van der Waals surface area contributed by atoms with Crippen LogP contribution in [-0.2, 0) is 6.42 Å². The van der Waals surface area contributed by atoms with Gasteiger partial charge in [-0.2, -0.15) is 0 Å². The third-order valence-electron chi connectivity index (χ3n) is 2.64. The van der Waals surface area contributed by atoms with E-state index < -0.39 is 0 Å². The Labute approximate surface area is 115 Å². The Kier molecular flexibility index (Phi) is 7.26. The van der Waals surface area contributed by atoms with E-state index in [0.29, 0.717) is 0 Å². The summed E-state index contributed by atoms with van der Waals surface area (Å²) >= 11 is 5.94. The van der Waals surface area contributed by atoms with Crippen LogP contribution < -0.4 is 10.6 Å². The molecule has 2 N–H and O–H groups in total. The van der Waals surface area contributed by atoms with Crippen molar-refractivity contribution in [2.24, 2.45) is 4.99 Å². The van der Waals surface area contributed by atoms with Gasteiger partial charge in [0.15, 0.2) is 5.96 Å². The Balaban J connectivity index is 2.27. The first-order valence-corrected chi connectivity index (χ1v) is 6.83. The van der Waals surface area contributed by atoms with E-state index >= 15 is 0 Å². The summed E-state index contributed by atoms with van der Waals surface area (Å²) in [5.41, 5.74) is 1.24. The second-order valence-electron chi connectivity index (χ2n) is 4.16. The first-order chi connectivity index (χ1) is 8.76. The maximum absolute atomic E-state index is 5.94. The van der Waals surface area contributed by atoms with E-state index in [1.807, 2.05) is 18.2 Å². The Morgan fingerprint density at radius 2 is 2.06 bits per heavy atom. The summed E-state index contributed by atoms with van der Waals surface area (Å²) in [6.07, 6.45) is 3.29. The Morgan fingerprint density at radius 3 is 2.72 bits per heavy atom. The van der Waals surface area contributed by atoms with Crippen molar-refractivity contribution in [1.29, 1.82) is 0 Å². The molecule has 0 amide bonds. The number of hydrogen-bond acceptors (Lipinski definition) is 1. The molecule has 0 fully saturated rings. The summed E-state index contributed by atoms with van der Waals surface area (Å²) in [5.74, 6) is 0.866. The molecule has 18 heavy (non-hydrogen) atoms. The van der Waals surface area contributed by atoms with Crippen molar-refractivity contribution in [2.45, 2.75) is 26.2 Å². The van der Waals surface area contributed by atoms with Gasteiger partial charge in [-0.15, -0.1) is 0 Å². The molecule has 0 atom stereocenters. The second kappa shape index (κ2) is 8.81. The van der Waals surface area contributed by atoms with Crippen LogP contribution in [0.3, 0.4) is 0 Å². The van der Waals surface area contributed by atoms with Gasteiger partial charge in [0.25, 0.3) is 0 Å². The summed E-state index contributed by atoms with van der Waals surface area (Å²) in [7, 11) is 1.79. The van der Waals surface area contributed by atoms with Gasteiger partial charge in [-0.3, -0.25) is 4.99 Å². The smallest absolute Gasteiger partial charge is 0.190 e. The van der Waals surface area contributed by atoms with E-state index in [9.17, 15) is 0 Å². The molecule has 0 bridgehead atoms. The third kappa shape index (κ3) is 5.92. The van der Waals surface area contributed by atoms with Gasteiger partial charge in [-0.25, -0.2) is 0 Å². The van der Waals surface area contributed by atoms with Gasteiger partial charge in [0.2, 0.25) is 0 Å². The lowest BCUT2D eigenvalue weighted by Gasteiger charge is -2.11. The Hall–Kier alpha value is -1.22. The molecule has 0 aliphatic heterocycles. The highest BCUT2D eigenvalue weighted by Crippen LogP contribution is 2.10. The van der Waals surface area contributed by atoms with Crippen molar-refractivity contribution in [3.05, 3.63) is 34.9 Å². The van der Waals surface area contributed by atoms with Gasteiger partial charge in [-0.05, 0) is 30.5 Å². The lowest BCUT2D eigenvalue weighted by Crippen LogP contribution is -2.38. The fraction of sp³-hybridized carbons (Fsp3) is 0.500. The predicted molar refractivity (Wildman–Crippen MR) is 79.4 cm³/mol. The number of benzene rings is 1. The molecule has 0 saturated heterocycles. The minimum Gasteiger partial charge on any atom is -0.356 e. The molecule has 3 nitrogen and oxygen atoms in total. The maximum Gasteiger partial charge on any atom is 0.190 e. The number of nitrogens with zero attached hydrogens (tertiary/aromatic N) is 1. The van der Waals surface area contributed by atoms with Crippen LogP contribution in [0, 0.1) is 0 Å². The van der Waals surface area contributed by atoms with Crippen molar-refractivity contribution < 1.29 is 0 Å². The van der Waals surface area contributed by atoms with Crippen molar-refractivity contribution in [3.63, 3.8) is 0 Å². The number of aliphatic imine (C=N–C) groups is 1. The van der Waals surface area contributed by atoms with Gasteiger partial charge in [0, 0.05) is 25.2 Å². The number of nitrogens with one attached hydrogen (secondary N) is 2. The number of unbranched alkanes of at least 4 members (excludes halogenated alkanes) is 1. The van der Waals surface area contributed by atoms with Crippen LogP contribution in [-0.4, -0.2) is 26.1 Å². The summed E-state index contributed by atoms with van der Waals surface area (Å²) in [5, 5.41) is 7.36. The fourth-order valence-electron chi connectivity index (χ4n) is 1.62. The number of hydrogen-bond donors (Lipinski definition) is 2. The average molecular weight is 268 g/mol. The highest BCUT2D eigenvalue weighted by molar-refractivity contribution is 6.30. The number of rotatable bonds is 6. The zero-order valence-electron chi connectivity index (χ0n) is 11.2. The van der Waals surface area contributed by atoms with E-state index in [2.05, 4.69) is 28.6 Å². The molecule has 0 unspecified atom stereocenters. The van der Waals surface area contributed by atoms with Crippen molar-refractivity contribution >= 4 is 17.6 Å². The highest BCUT2D eigenvalue weighted by Gasteiger charge is 1.97. The summed E-state index contributed by atoms with van der Waals surface area (Å²) in [4.78, 5) is 4.18. The molecule has 100 valence electrons. The maximum atomic E-state index is 5.94. The SMILES string of the molecule is CCCCNC(=NC)NCCc1cccc(Cl)c1. The first kappa shape index (κ1) is 14.8. The molecule has 0 aliphatic rings. The third-order valence-corrected chi connectivity index (χ3v) is 2.88. The average Bonchev–Trinajstić information content (AvgIpc) is 2.37. The lowest BCUT2D eigenvalue weighted by molar-refractivity contribution is 0.727. The van der Waals surface area contributed by atoms with Gasteiger partial charge < -0.3 is 10.6 Å². The topological polar surface area (TPSA) is 36.4 Å². The van der Waals surface area contributed by atoms with E-state index in [0.717, 1.165) is 36.9 Å². The summed E-state index contributed by atoms with van der Waals surface area (Å²) < 4.78 is 0. The van der Waals surface area contributed by atoms with Crippen molar-refractivity contribution in [1.82, 2.24) is 10.6 Å². The summed E-state index contributed by atoms with van der Waals surface area (Å²) in [6, 6.07) is 7.95. The number of halogens is 1. The minimum atomic E-state index is 0.790. The minimum absolute atomic E-state index is 0.790. The molecule has 0 aromatic heterocycles. The van der Waals surface area contributed by atoms with Crippen LogP contribution in [0.25, 0.3) is 0 Å². The van der Waals surface area contributed by atoms with Gasteiger partial charge in [0.1, 0.15) is 0 Å². The van der Waals surface area contributed by atoms with E-state index in [1.54, 1.807) is 7.05 Å². The zero-order chi connectivity index (χ0) is 13.2. The molecule has 0 aliphatic carbocycles. The quantitative estimate of drug-likeness (QED) is 0.472. The molecule has 0 saturated carbocycles. The van der Waals surface area contributed by atoms with Crippen LogP contribution in [0.4, 0.5) is 0 Å². The van der Waals surface area contributed by atoms with Crippen LogP contribution in [0.1, 0.15) is 25.3 Å². The molecule has 1 aromatic rings. The summed E-state index contributed by atoms with van der Waals surface area (Å²) in [6.45, 7) is 4.00. The van der Waals surface area contributed by atoms with Gasteiger partial charge in [-0.1, -0.05) is 37.1 Å². The first-order valence-electron chi connectivity index (χ1n) is 6.45. The highest BCUT2D eigenvalue weighted by atomic mass is 35.5.